The van der Waals surface area contributed by atoms with E-state index >= 15 is 0 Å². The van der Waals surface area contributed by atoms with Crippen molar-refractivity contribution in [2.45, 2.75) is 26.3 Å². The van der Waals surface area contributed by atoms with Gasteiger partial charge in [-0.05, 0) is 49.2 Å². The lowest BCUT2D eigenvalue weighted by Crippen LogP contribution is -2.58. The number of methoxy groups -OCH3 is 1. The molecular formula is C21H24N2O3. The topological polar surface area (TPSA) is 49.9 Å². The van der Waals surface area contributed by atoms with Crippen molar-refractivity contribution in [2.75, 3.05) is 25.1 Å². The number of amides is 2. The summed E-state index contributed by atoms with van der Waals surface area (Å²) in [5, 5.41) is 0. The number of carbonyl (C=O) groups excluding carboxylic acids is 2. The van der Waals surface area contributed by atoms with Gasteiger partial charge in [0.15, 0.2) is 0 Å². The minimum absolute atomic E-state index is 0.0426. The molecule has 3 rings (SSSR count). The van der Waals surface area contributed by atoms with Crippen molar-refractivity contribution in [2.24, 2.45) is 0 Å². The fourth-order valence-corrected chi connectivity index (χ4v) is 3.36. The van der Waals surface area contributed by atoms with Gasteiger partial charge in [0.25, 0.3) is 5.91 Å². The largest absolute Gasteiger partial charge is 0.497 e. The molecule has 1 saturated heterocycles. The van der Waals surface area contributed by atoms with E-state index in [9.17, 15) is 9.59 Å². The van der Waals surface area contributed by atoms with E-state index < -0.39 is 6.04 Å². The Hall–Kier alpha value is -2.82. The van der Waals surface area contributed by atoms with Gasteiger partial charge in [0, 0.05) is 24.3 Å². The van der Waals surface area contributed by atoms with Crippen LogP contribution in [-0.4, -0.2) is 43.0 Å². The molecule has 1 fully saturated rings. The maximum atomic E-state index is 13.0. The molecule has 0 spiro atoms. The summed E-state index contributed by atoms with van der Waals surface area (Å²) in [7, 11) is 1.59. The third kappa shape index (κ3) is 3.29. The molecule has 0 radical (unpaired) electrons. The molecule has 2 aromatic rings. The Balaban J connectivity index is 1.80. The van der Waals surface area contributed by atoms with Crippen LogP contribution < -0.4 is 9.64 Å². The molecule has 26 heavy (non-hydrogen) atoms. The molecule has 0 N–H and O–H groups in total. The van der Waals surface area contributed by atoms with E-state index in [-0.39, 0.29) is 11.8 Å². The standard InChI is InChI=1S/C21H24N2O3/c1-4-16-7-5-6-8-19(16)23-14-13-22(15(2)20(23)24)21(25)17-9-11-18(26-3)12-10-17/h5-12,15H,4,13-14H2,1-3H3/t15-/m1/s1. The molecule has 0 saturated carbocycles. The van der Waals surface area contributed by atoms with Gasteiger partial charge in [-0.1, -0.05) is 25.1 Å². The summed E-state index contributed by atoms with van der Waals surface area (Å²) < 4.78 is 5.13. The van der Waals surface area contributed by atoms with Crippen molar-refractivity contribution in [3.8, 4) is 5.75 Å². The summed E-state index contributed by atoms with van der Waals surface area (Å²) in [6.45, 7) is 4.89. The Bertz CT molecular complexity index is 801. The van der Waals surface area contributed by atoms with Gasteiger partial charge in [-0.2, -0.15) is 0 Å². The Morgan fingerprint density at radius 3 is 2.46 bits per heavy atom. The highest BCUT2D eigenvalue weighted by atomic mass is 16.5. The van der Waals surface area contributed by atoms with Crippen molar-refractivity contribution < 1.29 is 14.3 Å². The summed E-state index contributed by atoms with van der Waals surface area (Å²) in [4.78, 5) is 29.2. The van der Waals surface area contributed by atoms with Gasteiger partial charge < -0.3 is 14.5 Å². The van der Waals surface area contributed by atoms with Crippen LogP contribution in [0.15, 0.2) is 48.5 Å². The second kappa shape index (κ2) is 7.60. The summed E-state index contributed by atoms with van der Waals surface area (Å²) in [5.74, 6) is 0.530. The molecule has 1 atom stereocenters. The first-order valence-corrected chi connectivity index (χ1v) is 8.91. The second-order valence-electron chi connectivity index (χ2n) is 6.38. The molecule has 1 heterocycles. The van der Waals surface area contributed by atoms with Gasteiger partial charge in [0.2, 0.25) is 5.91 Å². The fraction of sp³-hybridized carbons (Fsp3) is 0.333. The van der Waals surface area contributed by atoms with Crippen LogP contribution in [0.25, 0.3) is 0 Å². The molecule has 0 unspecified atom stereocenters. The van der Waals surface area contributed by atoms with Crippen LogP contribution in [-0.2, 0) is 11.2 Å². The van der Waals surface area contributed by atoms with Gasteiger partial charge >= 0.3 is 0 Å². The minimum Gasteiger partial charge on any atom is -0.497 e. The van der Waals surface area contributed by atoms with Crippen LogP contribution in [0.5, 0.6) is 5.75 Å². The van der Waals surface area contributed by atoms with Gasteiger partial charge in [0.05, 0.1) is 7.11 Å². The minimum atomic E-state index is -0.497. The van der Waals surface area contributed by atoms with Crippen molar-refractivity contribution in [3.63, 3.8) is 0 Å². The maximum Gasteiger partial charge on any atom is 0.254 e. The highest BCUT2D eigenvalue weighted by molar-refractivity contribution is 6.03. The first-order chi connectivity index (χ1) is 12.6. The van der Waals surface area contributed by atoms with E-state index in [1.54, 1.807) is 48.1 Å². The summed E-state index contributed by atoms with van der Waals surface area (Å²) in [6.07, 6.45) is 0.864. The van der Waals surface area contributed by atoms with E-state index in [4.69, 9.17) is 4.74 Å². The van der Waals surface area contributed by atoms with Crippen molar-refractivity contribution in [3.05, 3.63) is 59.7 Å². The van der Waals surface area contributed by atoms with Crippen molar-refractivity contribution in [1.29, 1.82) is 0 Å². The smallest absolute Gasteiger partial charge is 0.254 e. The van der Waals surface area contributed by atoms with E-state index in [0.29, 0.717) is 24.4 Å². The molecule has 5 nitrogen and oxygen atoms in total. The Morgan fingerprint density at radius 2 is 1.81 bits per heavy atom. The number of hydrogen-bond donors (Lipinski definition) is 0. The molecule has 0 aliphatic carbocycles. The zero-order chi connectivity index (χ0) is 18.7. The van der Waals surface area contributed by atoms with Crippen LogP contribution in [0.3, 0.4) is 0 Å². The van der Waals surface area contributed by atoms with E-state index in [1.807, 2.05) is 24.3 Å². The number of aryl methyl sites for hydroxylation is 1. The normalized spacial score (nSPS) is 17.3. The molecule has 1 aliphatic rings. The number of ether oxygens (including phenoxy) is 1. The lowest BCUT2D eigenvalue weighted by Gasteiger charge is -2.39. The third-order valence-corrected chi connectivity index (χ3v) is 4.92. The second-order valence-corrected chi connectivity index (χ2v) is 6.38. The summed E-state index contributed by atoms with van der Waals surface area (Å²) >= 11 is 0. The van der Waals surface area contributed by atoms with Gasteiger partial charge in [-0.15, -0.1) is 0 Å². The Kier molecular flexibility index (Phi) is 5.26. The average Bonchev–Trinajstić information content (AvgIpc) is 2.69. The predicted molar refractivity (Wildman–Crippen MR) is 102 cm³/mol. The Morgan fingerprint density at radius 1 is 1.12 bits per heavy atom. The number of benzene rings is 2. The van der Waals surface area contributed by atoms with Crippen molar-refractivity contribution in [1.82, 2.24) is 4.90 Å². The molecule has 136 valence electrons. The molecule has 0 bridgehead atoms. The van der Waals surface area contributed by atoms with Gasteiger partial charge in [-0.25, -0.2) is 0 Å². The number of carbonyl (C=O) groups is 2. The number of hydrogen-bond acceptors (Lipinski definition) is 3. The molecule has 2 aromatic carbocycles. The molecule has 1 aliphatic heterocycles. The Labute approximate surface area is 154 Å². The number of rotatable bonds is 4. The summed E-state index contributed by atoms with van der Waals surface area (Å²) in [6, 6.07) is 14.4. The molecule has 2 amide bonds. The highest BCUT2D eigenvalue weighted by Gasteiger charge is 2.35. The van der Waals surface area contributed by atoms with Crippen LogP contribution >= 0.6 is 0 Å². The number of nitrogens with zero attached hydrogens (tertiary/aromatic N) is 2. The van der Waals surface area contributed by atoms with Crippen molar-refractivity contribution >= 4 is 17.5 Å². The maximum absolute atomic E-state index is 13.0. The lowest BCUT2D eigenvalue weighted by molar-refractivity contribution is -0.124. The molecule has 5 heteroatoms. The number of anilines is 1. The molecular weight excluding hydrogens is 328 g/mol. The van der Waals surface area contributed by atoms with Gasteiger partial charge in [-0.3, -0.25) is 9.59 Å². The monoisotopic (exact) mass is 352 g/mol. The highest BCUT2D eigenvalue weighted by Crippen LogP contribution is 2.26. The average molecular weight is 352 g/mol. The number of piperazine rings is 1. The zero-order valence-electron chi connectivity index (χ0n) is 15.4. The SMILES string of the molecule is CCc1ccccc1N1CCN(C(=O)c2ccc(OC)cc2)[C@H](C)C1=O. The van der Waals surface area contributed by atoms with Crippen LogP contribution in [0.2, 0.25) is 0 Å². The quantitative estimate of drug-likeness (QED) is 0.849. The van der Waals surface area contributed by atoms with Crippen LogP contribution in [0.1, 0.15) is 29.8 Å². The zero-order valence-corrected chi connectivity index (χ0v) is 15.4. The predicted octanol–water partition coefficient (Wildman–Crippen LogP) is 3.14. The van der Waals surface area contributed by atoms with E-state index in [1.165, 1.54) is 0 Å². The molecule has 0 aromatic heterocycles. The van der Waals surface area contributed by atoms with Crippen LogP contribution in [0, 0.1) is 0 Å². The van der Waals surface area contributed by atoms with E-state index in [0.717, 1.165) is 17.7 Å². The van der Waals surface area contributed by atoms with Gasteiger partial charge in [0.1, 0.15) is 11.8 Å². The lowest BCUT2D eigenvalue weighted by atomic mass is 10.1. The first kappa shape index (κ1) is 18.0. The summed E-state index contributed by atoms with van der Waals surface area (Å²) in [5.41, 5.74) is 2.65. The first-order valence-electron chi connectivity index (χ1n) is 8.91. The third-order valence-electron chi connectivity index (χ3n) is 4.92. The number of para-hydroxylation sites is 1. The van der Waals surface area contributed by atoms with Crippen LogP contribution in [0.4, 0.5) is 5.69 Å². The van der Waals surface area contributed by atoms with E-state index in [2.05, 4.69) is 6.92 Å². The fourth-order valence-electron chi connectivity index (χ4n) is 3.36.